The molecule has 0 aliphatic carbocycles. The predicted molar refractivity (Wildman–Crippen MR) is 116 cm³/mol. The monoisotopic (exact) mass is 413 g/mol. The van der Waals surface area contributed by atoms with E-state index in [0.29, 0.717) is 22.0 Å². The zero-order valence-corrected chi connectivity index (χ0v) is 17.0. The number of nitrogens with zero attached hydrogens (tertiary/aromatic N) is 2. The van der Waals surface area contributed by atoms with E-state index in [9.17, 15) is 4.79 Å². The molecule has 0 radical (unpaired) electrons. The van der Waals surface area contributed by atoms with E-state index < -0.39 is 0 Å². The van der Waals surface area contributed by atoms with Crippen LogP contribution in [0.4, 0.5) is 11.4 Å². The van der Waals surface area contributed by atoms with Crippen LogP contribution in [-0.2, 0) is 0 Å². The van der Waals surface area contributed by atoms with Crippen molar-refractivity contribution in [1.82, 2.24) is 9.88 Å². The first-order valence-electron chi connectivity index (χ1n) is 9.02. The van der Waals surface area contributed by atoms with Gasteiger partial charge in [-0.2, -0.15) is 11.8 Å². The highest BCUT2D eigenvalue weighted by atomic mass is 35.5. The molecule has 0 saturated carbocycles. The third kappa shape index (κ3) is 3.75. The van der Waals surface area contributed by atoms with Crippen LogP contribution in [0, 0.1) is 0 Å². The van der Waals surface area contributed by atoms with E-state index in [1.807, 2.05) is 40.9 Å². The van der Waals surface area contributed by atoms with Crippen LogP contribution in [-0.4, -0.2) is 47.5 Å². The molecule has 1 fully saturated rings. The lowest BCUT2D eigenvalue weighted by atomic mass is 10.1. The smallest absolute Gasteiger partial charge is 0.257 e. The standard InChI is InChI=1S/C21H20ClN3O2S/c1-27-19-7-6-14(22)12-18(19)24-20-15-4-2-3-5-17(15)23-13-16(20)21(26)25-8-10-28-11-9-25/h2-7,12-13H,8-11H2,1H3,(H,23,24). The van der Waals surface area contributed by atoms with E-state index in [2.05, 4.69) is 10.3 Å². The summed E-state index contributed by atoms with van der Waals surface area (Å²) in [5.74, 6) is 2.55. The largest absolute Gasteiger partial charge is 0.495 e. The molecule has 144 valence electrons. The maximum atomic E-state index is 13.3. The number of hydrogen-bond donors (Lipinski definition) is 1. The summed E-state index contributed by atoms with van der Waals surface area (Å²) in [6.07, 6.45) is 1.66. The summed E-state index contributed by atoms with van der Waals surface area (Å²) in [6.45, 7) is 1.49. The van der Waals surface area contributed by atoms with Gasteiger partial charge in [0.25, 0.3) is 5.91 Å². The van der Waals surface area contributed by atoms with Gasteiger partial charge in [0.15, 0.2) is 0 Å². The summed E-state index contributed by atoms with van der Waals surface area (Å²) in [4.78, 5) is 19.7. The second kappa shape index (κ2) is 8.29. The first kappa shape index (κ1) is 18.9. The van der Waals surface area contributed by atoms with Crippen LogP contribution in [0.5, 0.6) is 5.75 Å². The van der Waals surface area contributed by atoms with E-state index in [-0.39, 0.29) is 5.91 Å². The Kier molecular flexibility index (Phi) is 5.59. The lowest BCUT2D eigenvalue weighted by Gasteiger charge is -2.27. The molecule has 1 N–H and O–H groups in total. The Bertz CT molecular complexity index is 1020. The number of halogens is 1. The van der Waals surface area contributed by atoms with Gasteiger partial charge in [-0.3, -0.25) is 9.78 Å². The lowest BCUT2D eigenvalue weighted by Crippen LogP contribution is -2.38. The predicted octanol–water partition coefficient (Wildman–Crippen LogP) is 4.83. The van der Waals surface area contributed by atoms with Gasteiger partial charge >= 0.3 is 0 Å². The summed E-state index contributed by atoms with van der Waals surface area (Å²) in [5.41, 5.74) is 2.79. The molecule has 1 amide bonds. The van der Waals surface area contributed by atoms with Crippen LogP contribution in [0.3, 0.4) is 0 Å². The molecule has 1 aromatic heterocycles. The molecule has 0 unspecified atom stereocenters. The lowest BCUT2D eigenvalue weighted by molar-refractivity contribution is 0.0773. The minimum Gasteiger partial charge on any atom is -0.495 e. The quantitative estimate of drug-likeness (QED) is 0.663. The number of carbonyl (C=O) groups excluding carboxylic acids is 1. The van der Waals surface area contributed by atoms with E-state index in [0.717, 1.165) is 41.2 Å². The fourth-order valence-corrected chi connectivity index (χ4v) is 4.36. The first-order valence-corrected chi connectivity index (χ1v) is 10.6. The van der Waals surface area contributed by atoms with Crippen molar-refractivity contribution in [3.63, 3.8) is 0 Å². The van der Waals surface area contributed by atoms with Crippen molar-refractivity contribution in [2.24, 2.45) is 0 Å². The molecule has 4 rings (SSSR count). The molecule has 1 aliphatic rings. The van der Waals surface area contributed by atoms with Gasteiger partial charge in [-0.25, -0.2) is 0 Å². The van der Waals surface area contributed by atoms with Crippen molar-refractivity contribution in [2.75, 3.05) is 37.0 Å². The zero-order chi connectivity index (χ0) is 19.5. The van der Waals surface area contributed by atoms with Crippen LogP contribution < -0.4 is 10.1 Å². The van der Waals surface area contributed by atoms with Gasteiger partial charge in [-0.05, 0) is 24.3 Å². The molecule has 3 aromatic rings. The van der Waals surface area contributed by atoms with Gasteiger partial charge in [-0.1, -0.05) is 29.8 Å². The summed E-state index contributed by atoms with van der Waals surface area (Å²) >= 11 is 8.07. The SMILES string of the molecule is COc1ccc(Cl)cc1Nc1c(C(=O)N2CCSCC2)cnc2ccccc12. The first-order chi connectivity index (χ1) is 13.7. The molecule has 0 bridgehead atoms. The fraction of sp³-hybridized carbons (Fsp3) is 0.238. The highest BCUT2D eigenvalue weighted by Crippen LogP contribution is 2.35. The second-order valence-corrected chi connectivity index (χ2v) is 8.10. The van der Waals surface area contributed by atoms with Crippen LogP contribution >= 0.6 is 23.4 Å². The molecular formula is C21H20ClN3O2S. The van der Waals surface area contributed by atoms with Crippen molar-refractivity contribution in [3.8, 4) is 5.75 Å². The Hall–Kier alpha value is -2.44. The summed E-state index contributed by atoms with van der Waals surface area (Å²) in [6, 6.07) is 13.1. The summed E-state index contributed by atoms with van der Waals surface area (Å²) in [7, 11) is 1.61. The van der Waals surface area contributed by atoms with Gasteiger partial charge in [0.1, 0.15) is 5.75 Å². The Morgan fingerprint density at radius 1 is 1.21 bits per heavy atom. The number of methoxy groups -OCH3 is 1. The molecule has 0 spiro atoms. The van der Waals surface area contributed by atoms with Gasteiger partial charge in [0, 0.05) is 41.2 Å². The molecule has 1 saturated heterocycles. The van der Waals surface area contributed by atoms with E-state index in [1.54, 1.807) is 31.5 Å². The topological polar surface area (TPSA) is 54.5 Å². The van der Waals surface area contributed by atoms with Gasteiger partial charge in [-0.15, -0.1) is 0 Å². The van der Waals surface area contributed by atoms with Crippen LogP contribution in [0.2, 0.25) is 5.02 Å². The van der Waals surface area contributed by atoms with Gasteiger partial charge in [0.05, 0.1) is 29.6 Å². The summed E-state index contributed by atoms with van der Waals surface area (Å²) in [5, 5.41) is 4.86. The normalized spacial score (nSPS) is 14.1. The van der Waals surface area contributed by atoms with Gasteiger partial charge in [0.2, 0.25) is 0 Å². The molecule has 7 heteroatoms. The van der Waals surface area contributed by atoms with Crippen LogP contribution in [0.1, 0.15) is 10.4 Å². The fourth-order valence-electron chi connectivity index (χ4n) is 3.29. The second-order valence-electron chi connectivity index (χ2n) is 6.44. The number of hydrogen-bond acceptors (Lipinski definition) is 5. The van der Waals surface area contributed by atoms with Crippen molar-refractivity contribution in [3.05, 3.63) is 59.2 Å². The highest BCUT2D eigenvalue weighted by molar-refractivity contribution is 7.99. The Morgan fingerprint density at radius 3 is 2.79 bits per heavy atom. The average Bonchev–Trinajstić information content (AvgIpc) is 2.74. The number of amides is 1. The Balaban J connectivity index is 1.83. The third-order valence-corrected chi connectivity index (χ3v) is 5.90. The van der Waals surface area contributed by atoms with E-state index in [4.69, 9.17) is 16.3 Å². The van der Waals surface area contributed by atoms with Crippen LogP contribution in [0.25, 0.3) is 10.9 Å². The summed E-state index contributed by atoms with van der Waals surface area (Å²) < 4.78 is 5.47. The number of thioether (sulfide) groups is 1. The molecular weight excluding hydrogens is 394 g/mol. The number of rotatable bonds is 4. The highest BCUT2D eigenvalue weighted by Gasteiger charge is 2.23. The number of para-hydroxylation sites is 1. The van der Waals surface area contributed by atoms with Crippen molar-refractivity contribution >= 4 is 51.5 Å². The molecule has 0 atom stereocenters. The van der Waals surface area contributed by atoms with Crippen molar-refractivity contribution in [1.29, 1.82) is 0 Å². The minimum atomic E-state index is -0.0120. The molecule has 5 nitrogen and oxygen atoms in total. The number of ether oxygens (including phenoxy) is 1. The number of pyridine rings is 1. The molecule has 28 heavy (non-hydrogen) atoms. The van der Waals surface area contributed by atoms with Crippen molar-refractivity contribution in [2.45, 2.75) is 0 Å². The number of aromatic nitrogens is 1. The number of benzene rings is 2. The zero-order valence-electron chi connectivity index (χ0n) is 15.4. The number of nitrogens with one attached hydrogen (secondary N) is 1. The average molecular weight is 414 g/mol. The van der Waals surface area contributed by atoms with E-state index >= 15 is 0 Å². The maximum Gasteiger partial charge on any atom is 0.257 e. The number of carbonyl (C=O) groups is 1. The minimum absolute atomic E-state index is 0.0120. The number of fused-ring (bicyclic) bond motifs is 1. The Morgan fingerprint density at radius 2 is 2.00 bits per heavy atom. The van der Waals surface area contributed by atoms with E-state index in [1.165, 1.54) is 0 Å². The van der Waals surface area contributed by atoms with Gasteiger partial charge < -0.3 is 15.0 Å². The molecule has 2 aromatic carbocycles. The molecule has 2 heterocycles. The van der Waals surface area contributed by atoms with Crippen LogP contribution in [0.15, 0.2) is 48.7 Å². The number of anilines is 2. The molecule has 1 aliphatic heterocycles. The third-order valence-electron chi connectivity index (χ3n) is 4.73. The Labute approximate surface area is 173 Å². The maximum absolute atomic E-state index is 13.3. The van der Waals surface area contributed by atoms with Crippen molar-refractivity contribution < 1.29 is 9.53 Å².